The summed E-state index contributed by atoms with van der Waals surface area (Å²) in [6.07, 6.45) is 7.83. The average molecular weight is 415 g/mol. The molecule has 1 heteroatoms. The molecule has 0 aromatic heterocycles. The van der Waals surface area contributed by atoms with Gasteiger partial charge in [0.2, 0.25) is 0 Å². The highest BCUT2D eigenvalue weighted by molar-refractivity contribution is 5.35. The van der Waals surface area contributed by atoms with E-state index in [1.807, 2.05) is 33.8 Å². The summed E-state index contributed by atoms with van der Waals surface area (Å²) in [4.78, 5) is 0. The van der Waals surface area contributed by atoms with Gasteiger partial charge < -0.3 is 4.74 Å². The minimum absolute atomic E-state index is 0.809. The second-order valence-corrected chi connectivity index (χ2v) is 6.63. The molecule has 2 rings (SSSR count). The molecule has 0 aliphatic carbocycles. The van der Waals surface area contributed by atoms with Gasteiger partial charge in [-0.2, -0.15) is 0 Å². The van der Waals surface area contributed by atoms with Crippen molar-refractivity contribution < 1.29 is 4.74 Å². The number of ether oxygens (including phenoxy) is 1. The minimum atomic E-state index is 0.809. The molecule has 0 saturated carbocycles. The second-order valence-electron chi connectivity index (χ2n) is 6.63. The lowest BCUT2D eigenvalue weighted by atomic mass is 10.1. The summed E-state index contributed by atoms with van der Waals surface area (Å²) in [5, 5.41) is 0. The Morgan fingerprint density at radius 1 is 0.700 bits per heavy atom. The van der Waals surface area contributed by atoms with Crippen molar-refractivity contribution in [3.8, 4) is 5.75 Å². The number of hydrogen-bond acceptors (Lipinski definition) is 1. The van der Waals surface area contributed by atoms with Crippen LogP contribution in [0.2, 0.25) is 0 Å². The Hall–Kier alpha value is -2.02. The first-order valence-electron chi connectivity index (χ1n) is 11.8. The maximum Gasteiger partial charge on any atom is 0.122 e. The van der Waals surface area contributed by atoms with E-state index < -0.39 is 0 Å². The van der Waals surface area contributed by atoms with Crippen molar-refractivity contribution >= 4 is 0 Å². The normalized spacial score (nSPS) is 8.90. The van der Waals surface area contributed by atoms with Crippen molar-refractivity contribution in [1.29, 1.82) is 0 Å². The van der Waals surface area contributed by atoms with Gasteiger partial charge in [-0.25, -0.2) is 0 Å². The topological polar surface area (TPSA) is 9.23 Å². The first-order chi connectivity index (χ1) is 14.4. The summed E-state index contributed by atoms with van der Waals surface area (Å²) in [5.41, 5.74) is 5.17. The standard InChI is InChI=1S/C11H16O.C8H10.C6H12.2C2H6/c1-4-7-12-11-6-5-9(2)8-10(11)3;1-7-3-5-8(2)6-4-7;1-3-5-6-4-2;2*1-2/h5-6,8H,4,7H2,1-3H3;3-6H,1-2H3;3,5H,4,6H2,1-2H3;2*1-2H3/b;;5-3-;;. The van der Waals surface area contributed by atoms with Crippen molar-refractivity contribution in [2.75, 3.05) is 6.61 Å². The highest BCUT2D eigenvalue weighted by Gasteiger charge is 1.97. The molecule has 0 saturated heterocycles. The molecule has 0 amide bonds. The lowest BCUT2D eigenvalue weighted by molar-refractivity contribution is 0.315. The number of benzene rings is 2. The molecular formula is C29H50O. The number of unbranched alkanes of at least 4 members (excludes halogenated alkanes) is 1. The van der Waals surface area contributed by atoms with Crippen molar-refractivity contribution in [3.05, 3.63) is 76.9 Å². The van der Waals surface area contributed by atoms with Gasteiger partial charge in [0.05, 0.1) is 6.61 Å². The summed E-state index contributed by atoms with van der Waals surface area (Å²) in [6.45, 7) is 23.5. The Morgan fingerprint density at radius 3 is 1.50 bits per heavy atom. The Morgan fingerprint density at radius 2 is 1.17 bits per heavy atom. The van der Waals surface area contributed by atoms with Gasteiger partial charge in [-0.1, -0.05) is 113 Å². The summed E-state index contributed by atoms with van der Waals surface area (Å²) in [6, 6.07) is 14.7. The van der Waals surface area contributed by atoms with Crippen molar-refractivity contribution in [1.82, 2.24) is 0 Å². The lowest BCUT2D eigenvalue weighted by Crippen LogP contribution is -1.96. The van der Waals surface area contributed by atoms with Crippen LogP contribution in [-0.2, 0) is 0 Å². The van der Waals surface area contributed by atoms with E-state index in [0.29, 0.717) is 0 Å². The van der Waals surface area contributed by atoms with E-state index in [-0.39, 0.29) is 0 Å². The first kappa shape index (κ1) is 32.6. The first-order valence-corrected chi connectivity index (χ1v) is 11.8. The largest absolute Gasteiger partial charge is 0.493 e. The van der Waals surface area contributed by atoms with Crippen LogP contribution >= 0.6 is 0 Å². The average Bonchev–Trinajstić information content (AvgIpc) is 2.77. The maximum atomic E-state index is 5.54. The van der Waals surface area contributed by atoms with E-state index in [0.717, 1.165) is 18.8 Å². The van der Waals surface area contributed by atoms with E-state index in [1.54, 1.807) is 0 Å². The fraction of sp³-hybridized carbons (Fsp3) is 0.517. The second kappa shape index (κ2) is 25.0. The zero-order chi connectivity index (χ0) is 23.8. The van der Waals surface area contributed by atoms with Gasteiger partial charge in [-0.15, -0.1) is 0 Å². The van der Waals surface area contributed by atoms with Crippen molar-refractivity contribution in [2.24, 2.45) is 0 Å². The Kier molecular flexibility index (Phi) is 27.2. The van der Waals surface area contributed by atoms with Crippen LogP contribution in [0.3, 0.4) is 0 Å². The molecule has 2 aromatic rings. The molecule has 30 heavy (non-hydrogen) atoms. The molecule has 172 valence electrons. The van der Waals surface area contributed by atoms with Crippen LogP contribution in [-0.4, -0.2) is 6.61 Å². The lowest BCUT2D eigenvalue weighted by Gasteiger charge is -2.07. The molecule has 2 aromatic carbocycles. The molecule has 0 atom stereocenters. The van der Waals surface area contributed by atoms with Crippen LogP contribution < -0.4 is 4.74 Å². The molecule has 0 aliphatic heterocycles. The molecule has 0 bridgehead atoms. The van der Waals surface area contributed by atoms with Crippen molar-refractivity contribution in [2.45, 2.75) is 95.4 Å². The van der Waals surface area contributed by atoms with E-state index in [9.17, 15) is 0 Å². The molecule has 0 heterocycles. The van der Waals surface area contributed by atoms with Gasteiger partial charge >= 0.3 is 0 Å². The van der Waals surface area contributed by atoms with E-state index >= 15 is 0 Å². The van der Waals surface area contributed by atoms with Gasteiger partial charge in [0.25, 0.3) is 0 Å². The third-order valence-corrected chi connectivity index (χ3v) is 3.70. The number of hydrogen-bond donors (Lipinski definition) is 0. The van der Waals surface area contributed by atoms with Gasteiger partial charge in [0.15, 0.2) is 0 Å². The monoisotopic (exact) mass is 414 g/mol. The summed E-state index contributed by atoms with van der Waals surface area (Å²) < 4.78 is 5.54. The Labute approximate surface area is 189 Å². The van der Waals surface area contributed by atoms with Crippen LogP contribution in [0.1, 0.15) is 90.0 Å². The molecule has 0 unspecified atom stereocenters. The van der Waals surface area contributed by atoms with Crippen LogP contribution in [0.15, 0.2) is 54.6 Å². The molecular weight excluding hydrogens is 364 g/mol. The minimum Gasteiger partial charge on any atom is -0.493 e. The SMILES string of the molecule is C/C=C\CCC.CC.CC.CCCOc1ccc(C)cc1C.Cc1ccc(C)cc1. The third-order valence-electron chi connectivity index (χ3n) is 3.70. The molecule has 0 spiro atoms. The number of rotatable bonds is 5. The van der Waals surface area contributed by atoms with Gasteiger partial charge in [-0.3, -0.25) is 0 Å². The van der Waals surface area contributed by atoms with E-state index in [1.165, 1.54) is 35.1 Å². The van der Waals surface area contributed by atoms with Crippen LogP contribution in [0, 0.1) is 27.7 Å². The predicted molar refractivity (Wildman–Crippen MR) is 140 cm³/mol. The van der Waals surface area contributed by atoms with Crippen molar-refractivity contribution in [3.63, 3.8) is 0 Å². The Bertz CT molecular complexity index is 588. The third kappa shape index (κ3) is 20.7. The molecule has 0 aliphatic rings. The quantitative estimate of drug-likeness (QED) is 0.442. The highest BCUT2D eigenvalue weighted by atomic mass is 16.5. The van der Waals surface area contributed by atoms with Crippen LogP contribution in [0.5, 0.6) is 5.75 Å². The number of allylic oxidation sites excluding steroid dienone is 2. The van der Waals surface area contributed by atoms with Crippen LogP contribution in [0.4, 0.5) is 0 Å². The maximum absolute atomic E-state index is 5.54. The zero-order valence-corrected chi connectivity index (χ0v) is 21.9. The van der Waals surface area contributed by atoms with E-state index in [4.69, 9.17) is 4.74 Å². The highest BCUT2D eigenvalue weighted by Crippen LogP contribution is 2.18. The molecule has 1 nitrogen and oxygen atoms in total. The summed E-state index contributed by atoms with van der Waals surface area (Å²) in [7, 11) is 0. The van der Waals surface area contributed by atoms with Gasteiger partial charge in [0, 0.05) is 0 Å². The fourth-order valence-corrected chi connectivity index (χ4v) is 2.14. The summed E-state index contributed by atoms with van der Waals surface area (Å²) >= 11 is 0. The molecule has 0 N–H and O–H groups in total. The van der Waals surface area contributed by atoms with Crippen LogP contribution in [0.25, 0.3) is 0 Å². The van der Waals surface area contributed by atoms with Gasteiger partial charge in [0.1, 0.15) is 5.75 Å². The molecule has 0 radical (unpaired) electrons. The fourth-order valence-electron chi connectivity index (χ4n) is 2.14. The zero-order valence-electron chi connectivity index (χ0n) is 21.9. The Balaban J connectivity index is -0.000000354. The smallest absolute Gasteiger partial charge is 0.122 e. The van der Waals surface area contributed by atoms with Gasteiger partial charge in [-0.05, 0) is 59.1 Å². The summed E-state index contributed by atoms with van der Waals surface area (Å²) in [5.74, 6) is 1.02. The molecule has 0 fully saturated rings. The van der Waals surface area contributed by atoms with E-state index in [2.05, 4.69) is 97.0 Å². The number of aryl methyl sites for hydroxylation is 4. The predicted octanol–water partition coefficient (Wildman–Crippen LogP) is 9.81.